The lowest BCUT2D eigenvalue weighted by Crippen LogP contribution is -2.49. The Bertz CT molecular complexity index is 118. The molecule has 0 radical (unpaired) electrons. The molecular formula is C6H13IO4. The molecule has 0 saturated heterocycles. The maximum Gasteiger partial charge on any atom is 0.315 e. The molecule has 1 unspecified atom stereocenters. The van der Waals surface area contributed by atoms with Gasteiger partial charge in [0.1, 0.15) is 0 Å². The van der Waals surface area contributed by atoms with Crippen LogP contribution in [0.25, 0.3) is 0 Å². The van der Waals surface area contributed by atoms with Crippen LogP contribution >= 0.6 is 22.6 Å². The molecule has 0 bridgehead atoms. The molecule has 0 fully saturated rings. The molecule has 0 aliphatic rings. The van der Waals surface area contributed by atoms with Gasteiger partial charge in [-0.25, -0.2) is 0 Å². The van der Waals surface area contributed by atoms with Gasteiger partial charge in [0.15, 0.2) is 3.61 Å². The second-order valence-corrected chi connectivity index (χ2v) is 4.28. The Morgan fingerprint density at radius 3 is 1.91 bits per heavy atom. The van der Waals surface area contributed by atoms with Gasteiger partial charge in [-0.15, -0.1) is 0 Å². The van der Waals surface area contributed by atoms with E-state index >= 15 is 0 Å². The summed E-state index contributed by atoms with van der Waals surface area (Å²) >= 11 is 1.41. The number of unbranched alkanes of at least 4 members (excludes halogenated alkanes) is 1. The van der Waals surface area contributed by atoms with Crippen molar-refractivity contribution < 1.29 is 20.4 Å². The van der Waals surface area contributed by atoms with Crippen molar-refractivity contribution in [1.29, 1.82) is 0 Å². The van der Waals surface area contributed by atoms with Crippen molar-refractivity contribution in [3.05, 3.63) is 0 Å². The van der Waals surface area contributed by atoms with Gasteiger partial charge in [0.05, 0.1) is 0 Å². The predicted octanol–water partition coefficient (Wildman–Crippen LogP) is -0.0691. The third kappa shape index (κ3) is 3.66. The Kier molecular flexibility index (Phi) is 4.20. The summed E-state index contributed by atoms with van der Waals surface area (Å²) in [6.07, 6.45) is 1.60. The van der Waals surface area contributed by atoms with Crippen molar-refractivity contribution in [2.45, 2.75) is 35.8 Å². The molecular weight excluding hydrogens is 263 g/mol. The zero-order valence-electron chi connectivity index (χ0n) is 6.29. The molecule has 4 nitrogen and oxygen atoms in total. The Balaban J connectivity index is 4.00. The zero-order valence-corrected chi connectivity index (χ0v) is 8.45. The first-order valence-corrected chi connectivity index (χ1v) is 4.47. The van der Waals surface area contributed by atoms with Crippen molar-refractivity contribution >= 4 is 22.6 Å². The second kappa shape index (κ2) is 3.99. The minimum absolute atomic E-state index is 0.146. The van der Waals surface area contributed by atoms with Crippen molar-refractivity contribution in [2.24, 2.45) is 0 Å². The first kappa shape index (κ1) is 11.6. The number of hydrogen-bond donors (Lipinski definition) is 4. The summed E-state index contributed by atoms with van der Waals surface area (Å²) in [6.45, 7) is 1.90. The summed E-state index contributed by atoms with van der Waals surface area (Å²) in [5.74, 6) is -3.01. The standard InChI is InChI=1S/C6H13IO4/c1-2-3-4-5(7,8)6(9,10)11/h8-11H,2-4H2,1H3. The average molecular weight is 276 g/mol. The maximum absolute atomic E-state index is 9.22. The molecule has 4 N–H and O–H groups in total. The first-order valence-electron chi connectivity index (χ1n) is 3.39. The van der Waals surface area contributed by atoms with E-state index in [4.69, 9.17) is 15.3 Å². The lowest BCUT2D eigenvalue weighted by atomic mass is 10.1. The maximum atomic E-state index is 9.22. The average Bonchev–Trinajstić information content (AvgIpc) is 1.81. The summed E-state index contributed by atoms with van der Waals surface area (Å²) in [4.78, 5) is 0. The smallest absolute Gasteiger partial charge is 0.315 e. The van der Waals surface area contributed by atoms with Crippen LogP contribution in [-0.2, 0) is 0 Å². The van der Waals surface area contributed by atoms with Crippen LogP contribution in [0.3, 0.4) is 0 Å². The normalized spacial score (nSPS) is 18.0. The van der Waals surface area contributed by atoms with Gasteiger partial charge in [-0.1, -0.05) is 13.3 Å². The van der Waals surface area contributed by atoms with Crippen molar-refractivity contribution in [2.75, 3.05) is 0 Å². The van der Waals surface area contributed by atoms with Crippen LogP contribution in [0.2, 0.25) is 0 Å². The molecule has 0 amide bonds. The summed E-state index contributed by atoms with van der Waals surface area (Å²) < 4.78 is -1.87. The van der Waals surface area contributed by atoms with E-state index in [1.165, 1.54) is 22.6 Å². The van der Waals surface area contributed by atoms with E-state index in [0.717, 1.165) is 6.42 Å². The monoisotopic (exact) mass is 276 g/mol. The van der Waals surface area contributed by atoms with E-state index in [0.29, 0.717) is 6.42 Å². The predicted molar refractivity (Wildman–Crippen MR) is 47.9 cm³/mol. The highest BCUT2D eigenvalue weighted by Gasteiger charge is 2.44. The highest BCUT2D eigenvalue weighted by molar-refractivity contribution is 14.1. The summed E-state index contributed by atoms with van der Waals surface area (Å²) in [7, 11) is 0. The minimum atomic E-state index is -3.01. The van der Waals surface area contributed by atoms with Crippen LogP contribution in [0.5, 0.6) is 0 Å². The van der Waals surface area contributed by atoms with Gasteiger partial charge in [-0.05, 0) is 35.4 Å². The molecule has 0 rings (SSSR count). The zero-order chi connectivity index (χ0) is 9.12. The topological polar surface area (TPSA) is 80.9 Å². The number of rotatable bonds is 4. The van der Waals surface area contributed by atoms with Gasteiger partial charge < -0.3 is 20.4 Å². The molecule has 0 aliphatic carbocycles. The minimum Gasteiger partial charge on any atom is -0.372 e. The first-order chi connectivity index (χ1) is 4.81. The van der Waals surface area contributed by atoms with Gasteiger partial charge in [0, 0.05) is 0 Å². The van der Waals surface area contributed by atoms with Crippen molar-refractivity contribution in [3.8, 4) is 0 Å². The van der Waals surface area contributed by atoms with Crippen LogP contribution in [0.15, 0.2) is 0 Å². The van der Waals surface area contributed by atoms with Crippen molar-refractivity contribution in [3.63, 3.8) is 0 Å². The van der Waals surface area contributed by atoms with Gasteiger partial charge in [0.25, 0.3) is 0 Å². The Labute approximate surface area is 79.0 Å². The van der Waals surface area contributed by atoms with E-state index in [1.54, 1.807) is 0 Å². The summed E-state index contributed by atoms with van der Waals surface area (Å²) in [5, 5.41) is 35.1. The van der Waals surface area contributed by atoms with E-state index in [9.17, 15) is 5.11 Å². The molecule has 0 aromatic rings. The van der Waals surface area contributed by atoms with Crippen LogP contribution in [0, 0.1) is 0 Å². The Hall–Kier alpha value is 0.570. The van der Waals surface area contributed by atoms with Crippen LogP contribution in [-0.4, -0.2) is 30.0 Å². The molecule has 11 heavy (non-hydrogen) atoms. The number of aliphatic hydroxyl groups is 4. The van der Waals surface area contributed by atoms with Gasteiger partial charge in [-0.3, -0.25) is 0 Å². The van der Waals surface area contributed by atoms with Gasteiger partial charge in [-0.2, -0.15) is 0 Å². The lowest BCUT2D eigenvalue weighted by Gasteiger charge is -2.29. The number of alkyl halides is 1. The van der Waals surface area contributed by atoms with Crippen LogP contribution in [0.4, 0.5) is 0 Å². The fourth-order valence-electron chi connectivity index (χ4n) is 0.579. The fourth-order valence-corrected chi connectivity index (χ4v) is 0.960. The summed E-state index contributed by atoms with van der Waals surface area (Å²) in [6, 6.07) is 0. The summed E-state index contributed by atoms with van der Waals surface area (Å²) in [5.41, 5.74) is 0. The fraction of sp³-hybridized carbons (Fsp3) is 1.00. The van der Waals surface area contributed by atoms with Gasteiger partial charge in [0.2, 0.25) is 0 Å². The molecule has 0 aromatic carbocycles. The Morgan fingerprint density at radius 1 is 1.18 bits per heavy atom. The number of halogens is 1. The third-order valence-electron chi connectivity index (χ3n) is 1.38. The van der Waals surface area contributed by atoms with E-state index in [-0.39, 0.29) is 6.42 Å². The van der Waals surface area contributed by atoms with Crippen LogP contribution < -0.4 is 0 Å². The van der Waals surface area contributed by atoms with E-state index < -0.39 is 9.58 Å². The van der Waals surface area contributed by atoms with E-state index in [1.807, 2.05) is 6.92 Å². The lowest BCUT2D eigenvalue weighted by molar-refractivity contribution is -0.361. The third-order valence-corrected chi connectivity index (χ3v) is 2.64. The molecule has 1 atom stereocenters. The number of hydrogen-bond acceptors (Lipinski definition) is 4. The van der Waals surface area contributed by atoms with E-state index in [2.05, 4.69) is 0 Å². The quantitative estimate of drug-likeness (QED) is 0.329. The molecule has 0 heterocycles. The molecule has 5 heteroatoms. The van der Waals surface area contributed by atoms with Crippen LogP contribution in [0.1, 0.15) is 26.2 Å². The highest BCUT2D eigenvalue weighted by Crippen LogP contribution is 2.30. The highest BCUT2D eigenvalue weighted by atomic mass is 127. The molecule has 0 saturated carbocycles. The molecule has 0 spiro atoms. The second-order valence-electron chi connectivity index (χ2n) is 2.50. The molecule has 68 valence electrons. The SMILES string of the molecule is CCCCC(O)(I)C(O)(O)O. The molecule has 0 aliphatic heterocycles. The molecule has 0 aromatic heterocycles. The largest absolute Gasteiger partial charge is 0.372 e. The van der Waals surface area contributed by atoms with Crippen molar-refractivity contribution in [1.82, 2.24) is 0 Å². The van der Waals surface area contributed by atoms with Gasteiger partial charge >= 0.3 is 5.97 Å². The Morgan fingerprint density at radius 2 is 1.64 bits per heavy atom.